The van der Waals surface area contributed by atoms with E-state index in [2.05, 4.69) is 18.2 Å². The van der Waals surface area contributed by atoms with E-state index in [4.69, 9.17) is 24.1 Å². The lowest BCUT2D eigenvalue weighted by molar-refractivity contribution is -0.139. The number of benzene rings is 4. The summed E-state index contributed by atoms with van der Waals surface area (Å²) in [7, 11) is 3.31. The summed E-state index contributed by atoms with van der Waals surface area (Å²) in [6.45, 7) is 1.85. The van der Waals surface area contributed by atoms with Crippen LogP contribution in [0.25, 0.3) is 22.3 Å². The SMILES string of the molecule is COc1ccc(-c2ccc(COc3ccc(OCC(=O)O)c(C)c3)cc2-c2ccc(OC)cc2)cc1. The van der Waals surface area contributed by atoms with Gasteiger partial charge in [0.2, 0.25) is 0 Å². The minimum absolute atomic E-state index is 0.376. The molecule has 0 saturated heterocycles. The zero-order chi connectivity index (χ0) is 25.5. The van der Waals surface area contributed by atoms with E-state index in [1.165, 1.54) is 0 Å². The second-order valence-electron chi connectivity index (χ2n) is 8.24. The zero-order valence-electron chi connectivity index (χ0n) is 20.5. The monoisotopic (exact) mass is 484 g/mol. The van der Waals surface area contributed by atoms with E-state index >= 15 is 0 Å². The first kappa shape index (κ1) is 24.7. The van der Waals surface area contributed by atoms with Crippen molar-refractivity contribution in [3.63, 3.8) is 0 Å². The molecule has 0 saturated carbocycles. The molecule has 0 aliphatic carbocycles. The Kier molecular flexibility index (Phi) is 7.75. The maximum absolute atomic E-state index is 10.8. The van der Waals surface area contributed by atoms with Crippen LogP contribution >= 0.6 is 0 Å². The van der Waals surface area contributed by atoms with E-state index in [1.807, 2.05) is 61.5 Å². The third kappa shape index (κ3) is 5.96. The summed E-state index contributed by atoms with van der Waals surface area (Å²) in [5, 5.41) is 8.82. The van der Waals surface area contributed by atoms with Crippen molar-refractivity contribution in [1.29, 1.82) is 0 Å². The highest BCUT2D eigenvalue weighted by molar-refractivity contribution is 5.84. The average molecular weight is 485 g/mol. The number of carbonyl (C=O) groups is 1. The Morgan fingerprint density at radius 2 is 1.28 bits per heavy atom. The molecule has 0 radical (unpaired) electrons. The highest BCUT2D eigenvalue weighted by Crippen LogP contribution is 2.35. The molecule has 0 amide bonds. The van der Waals surface area contributed by atoms with Crippen molar-refractivity contribution in [3.05, 3.63) is 96.1 Å². The number of rotatable bonds is 10. The molecule has 0 heterocycles. The molecule has 0 atom stereocenters. The maximum Gasteiger partial charge on any atom is 0.341 e. The summed E-state index contributed by atoms with van der Waals surface area (Å²) in [5.41, 5.74) is 6.16. The van der Waals surface area contributed by atoms with Crippen LogP contribution in [0.3, 0.4) is 0 Å². The number of aliphatic carboxylic acids is 1. The number of carboxylic acid groups (broad SMARTS) is 1. The molecular formula is C30H28O6. The predicted octanol–water partition coefficient (Wildman–Crippen LogP) is 6.39. The molecule has 0 aliphatic heterocycles. The second kappa shape index (κ2) is 11.3. The van der Waals surface area contributed by atoms with Gasteiger partial charge in [-0.3, -0.25) is 0 Å². The average Bonchev–Trinajstić information content (AvgIpc) is 2.91. The Labute approximate surface area is 210 Å². The fourth-order valence-electron chi connectivity index (χ4n) is 3.89. The first-order chi connectivity index (χ1) is 17.5. The fourth-order valence-corrected chi connectivity index (χ4v) is 3.89. The number of hydrogen-bond donors (Lipinski definition) is 1. The molecule has 6 nitrogen and oxygen atoms in total. The van der Waals surface area contributed by atoms with Crippen LogP contribution in [0.4, 0.5) is 0 Å². The van der Waals surface area contributed by atoms with Gasteiger partial charge in [0.15, 0.2) is 6.61 Å². The van der Waals surface area contributed by atoms with Crippen LogP contribution in [-0.2, 0) is 11.4 Å². The van der Waals surface area contributed by atoms with Gasteiger partial charge in [-0.2, -0.15) is 0 Å². The molecule has 0 aliphatic rings. The number of methoxy groups -OCH3 is 2. The zero-order valence-corrected chi connectivity index (χ0v) is 20.5. The number of ether oxygens (including phenoxy) is 4. The normalized spacial score (nSPS) is 10.5. The largest absolute Gasteiger partial charge is 0.497 e. The van der Waals surface area contributed by atoms with E-state index < -0.39 is 5.97 Å². The highest BCUT2D eigenvalue weighted by atomic mass is 16.5. The van der Waals surface area contributed by atoms with Crippen LogP contribution in [0, 0.1) is 6.92 Å². The molecule has 184 valence electrons. The van der Waals surface area contributed by atoms with E-state index in [9.17, 15) is 4.79 Å². The van der Waals surface area contributed by atoms with E-state index in [0.29, 0.717) is 18.1 Å². The summed E-state index contributed by atoms with van der Waals surface area (Å²) >= 11 is 0. The van der Waals surface area contributed by atoms with Crippen LogP contribution in [-0.4, -0.2) is 31.9 Å². The number of carboxylic acids is 1. The van der Waals surface area contributed by atoms with E-state index in [-0.39, 0.29) is 6.61 Å². The topological polar surface area (TPSA) is 74.2 Å². The number of aryl methyl sites for hydroxylation is 1. The van der Waals surface area contributed by atoms with Crippen molar-refractivity contribution in [2.24, 2.45) is 0 Å². The maximum atomic E-state index is 10.8. The molecule has 36 heavy (non-hydrogen) atoms. The van der Waals surface area contributed by atoms with Gasteiger partial charge in [0.25, 0.3) is 0 Å². The minimum atomic E-state index is -1.01. The lowest BCUT2D eigenvalue weighted by atomic mass is 9.93. The third-order valence-corrected chi connectivity index (χ3v) is 5.79. The van der Waals surface area contributed by atoms with Crippen LogP contribution in [0.15, 0.2) is 84.9 Å². The fraction of sp³-hybridized carbons (Fsp3) is 0.167. The molecule has 0 spiro atoms. The summed E-state index contributed by atoms with van der Waals surface area (Å²) in [6.07, 6.45) is 0. The van der Waals surface area contributed by atoms with Crippen LogP contribution < -0.4 is 18.9 Å². The van der Waals surface area contributed by atoms with E-state index in [1.54, 1.807) is 26.4 Å². The minimum Gasteiger partial charge on any atom is -0.497 e. The quantitative estimate of drug-likeness (QED) is 0.281. The van der Waals surface area contributed by atoms with Gasteiger partial charge in [-0.15, -0.1) is 0 Å². The Hall–Kier alpha value is -4.45. The Bertz CT molecular complexity index is 1330. The molecule has 0 aromatic heterocycles. The Morgan fingerprint density at radius 3 is 1.83 bits per heavy atom. The number of hydrogen-bond acceptors (Lipinski definition) is 5. The van der Waals surface area contributed by atoms with Crippen molar-refractivity contribution in [2.45, 2.75) is 13.5 Å². The molecule has 0 fully saturated rings. The Balaban J connectivity index is 1.59. The highest BCUT2D eigenvalue weighted by Gasteiger charge is 2.11. The van der Waals surface area contributed by atoms with Gasteiger partial charge in [-0.25, -0.2) is 4.79 Å². The summed E-state index contributed by atoms with van der Waals surface area (Å²) in [6, 6.07) is 27.7. The molecule has 1 N–H and O–H groups in total. The first-order valence-electron chi connectivity index (χ1n) is 11.5. The van der Waals surface area contributed by atoms with Gasteiger partial charge in [0.05, 0.1) is 14.2 Å². The Morgan fingerprint density at radius 1 is 0.694 bits per heavy atom. The molecule has 6 heteroatoms. The lowest BCUT2D eigenvalue weighted by Crippen LogP contribution is -2.10. The standard InChI is InChI=1S/C30H28O6/c1-20-16-26(13-15-29(20)36-19-30(31)32)35-18-21-4-14-27(22-5-9-24(33-2)10-6-22)28(17-21)23-7-11-25(34-3)12-8-23/h4-17H,18-19H2,1-3H3,(H,31,32). The third-order valence-electron chi connectivity index (χ3n) is 5.79. The molecule has 4 aromatic rings. The smallest absolute Gasteiger partial charge is 0.341 e. The second-order valence-corrected chi connectivity index (χ2v) is 8.24. The van der Waals surface area contributed by atoms with Gasteiger partial charge in [-0.05, 0) is 88.8 Å². The lowest BCUT2D eigenvalue weighted by Gasteiger charge is -2.15. The van der Waals surface area contributed by atoms with Gasteiger partial charge < -0.3 is 24.1 Å². The van der Waals surface area contributed by atoms with Crippen molar-refractivity contribution >= 4 is 5.97 Å². The summed E-state index contributed by atoms with van der Waals surface area (Å²) in [5.74, 6) is 1.80. The van der Waals surface area contributed by atoms with Gasteiger partial charge in [-0.1, -0.05) is 36.4 Å². The molecule has 0 unspecified atom stereocenters. The molecule has 4 aromatic carbocycles. The summed E-state index contributed by atoms with van der Waals surface area (Å²) < 4.78 is 22.0. The van der Waals surface area contributed by atoms with Crippen molar-refractivity contribution in [3.8, 4) is 45.3 Å². The molecule has 0 bridgehead atoms. The van der Waals surface area contributed by atoms with Crippen molar-refractivity contribution < 1.29 is 28.8 Å². The van der Waals surface area contributed by atoms with Crippen molar-refractivity contribution in [2.75, 3.05) is 20.8 Å². The first-order valence-corrected chi connectivity index (χ1v) is 11.5. The van der Waals surface area contributed by atoms with Gasteiger partial charge in [0, 0.05) is 0 Å². The predicted molar refractivity (Wildman–Crippen MR) is 139 cm³/mol. The molecule has 4 rings (SSSR count). The van der Waals surface area contributed by atoms with Gasteiger partial charge >= 0.3 is 5.97 Å². The van der Waals surface area contributed by atoms with Crippen molar-refractivity contribution in [1.82, 2.24) is 0 Å². The van der Waals surface area contributed by atoms with Crippen LogP contribution in [0.2, 0.25) is 0 Å². The summed E-state index contributed by atoms with van der Waals surface area (Å²) in [4.78, 5) is 10.8. The van der Waals surface area contributed by atoms with Gasteiger partial charge in [0.1, 0.15) is 29.6 Å². The van der Waals surface area contributed by atoms with Crippen LogP contribution in [0.1, 0.15) is 11.1 Å². The van der Waals surface area contributed by atoms with E-state index in [0.717, 1.165) is 44.9 Å². The van der Waals surface area contributed by atoms with Crippen LogP contribution in [0.5, 0.6) is 23.0 Å². The molecular weight excluding hydrogens is 456 g/mol.